The second-order valence-electron chi connectivity index (χ2n) is 6.88. The molecular weight excluding hydrogens is 486 g/mol. The first-order valence-corrected chi connectivity index (χ1v) is 11.5. The molecule has 0 spiro atoms. The van der Waals surface area contributed by atoms with Crippen molar-refractivity contribution in [2.45, 2.75) is 47.1 Å². The summed E-state index contributed by atoms with van der Waals surface area (Å²) in [6, 6.07) is 5.55. The maximum absolute atomic E-state index is 12.5. The van der Waals surface area contributed by atoms with Gasteiger partial charge in [-0.05, 0) is 63.4 Å². The SMILES string of the molecule is CCOC(=O)c1c(NC(=O)COc2ccc(Br)cc2CC)sc(C(=O)OC(C)C)c1C. The van der Waals surface area contributed by atoms with Gasteiger partial charge in [-0.2, -0.15) is 0 Å². The van der Waals surface area contributed by atoms with E-state index < -0.39 is 17.8 Å². The predicted octanol–water partition coefficient (Wildman–Crippen LogP) is 5.14. The number of nitrogens with one attached hydrogen (secondary N) is 1. The molecule has 0 aliphatic heterocycles. The second kappa shape index (κ2) is 11.3. The molecule has 2 rings (SSSR count). The van der Waals surface area contributed by atoms with Crippen molar-refractivity contribution >= 4 is 50.1 Å². The first-order valence-electron chi connectivity index (χ1n) is 9.90. The molecule has 0 unspecified atom stereocenters. The molecule has 1 heterocycles. The van der Waals surface area contributed by atoms with Gasteiger partial charge >= 0.3 is 11.9 Å². The molecule has 1 amide bonds. The van der Waals surface area contributed by atoms with E-state index in [1.54, 1.807) is 33.8 Å². The summed E-state index contributed by atoms with van der Waals surface area (Å²) >= 11 is 4.40. The molecule has 1 aromatic heterocycles. The highest BCUT2D eigenvalue weighted by Gasteiger charge is 2.27. The Balaban J connectivity index is 2.23. The maximum Gasteiger partial charge on any atom is 0.348 e. The topological polar surface area (TPSA) is 90.9 Å². The number of thiophene rings is 1. The van der Waals surface area contributed by atoms with Crippen molar-refractivity contribution in [1.29, 1.82) is 0 Å². The lowest BCUT2D eigenvalue weighted by Crippen LogP contribution is -2.21. The molecule has 0 bridgehead atoms. The van der Waals surface area contributed by atoms with E-state index in [4.69, 9.17) is 14.2 Å². The Labute approximate surface area is 194 Å². The fourth-order valence-electron chi connectivity index (χ4n) is 2.78. The third-order valence-electron chi connectivity index (χ3n) is 4.17. The van der Waals surface area contributed by atoms with E-state index in [-0.39, 0.29) is 34.8 Å². The van der Waals surface area contributed by atoms with Crippen molar-refractivity contribution in [2.75, 3.05) is 18.5 Å². The van der Waals surface area contributed by atoms with Crippen molar-refractivity contribution in [1.82, 2.24) is 0 Å². The Morgan fingerprint density at radius 1 is 1.16 bits per heavy atom. The number of aryl methyl sites for hydroxylation is 1. The summed E-state index contributed by atoms with van der Waals surface area (Å²) in [5.41, 5.74) is 1.51. The largest absolute Gasteiger partial charge is 0.483 e. The van der Waals surface area contributed by atoms with Crippen LogP contribution in [0.2, 0.25) is 0 Å². The minimum atomic E-state index is -0.614. The Morgan fingerprint density at radius 3 is 2.48 bits per heavy atom. The van der Waals surface area contributed by atoms with Crippen LogP contribution in [0.15, 0.2) is 22.7 Å². The number of benzene rings is 1. The van der Waals surface area contributed by atoms with Gasteiger partial charge in [0.1, 0.15) is 15.6 Å². The van der Waals surface area contributed by atoms with Gasteiger partial charge in [-0.1, -0.05) is 22.9 Å². The third-order valence-corrected chi connectivity index (χ3v) is 5.85. The number of halogens is 1. The highest BCUT2D eigenvalue weighted by molar-refractivity contribution is 9.10. The predicted molar refractivity (Wildman–Crippen MR) is 123 cm³/mol. The van der Waals surface area contributed by atoms with Crippen LogP contribution in [0.1, 0.15) is 58.9 Å². The summed E-state index contributed by atoms with van der Waals surface area (Å²) in [5, 5.41) is 2.90. The fraction of sp³-hybridized carbons (Fsp3) is 0.409. The molecular formula is C22H26BrNO6S. The van der Waals surface area contributed by atoms with Crippen molar-refractivity contribution in [3.05, 3.63) is 44.2 Å². The zero-order chi connectivity index (χ0) is 23.1. The number of ether oxygens (including phenoxy) is 3. The molecule has 168 valence electrons. The summed E-state index contributed by atoms with van der Waals surface area (Å²) < 4.78 is 16.9. The lowest BCUT2D eigenvalue weighted by atomic mass is 10.1. The van der Waals surface area contributed by atoms with Crippen LogP contribution >= 0.6 is 27.3 Å². The number of anilines is 1. The smallest absolute Gasteiger partial charge is 0.348 e. The first kappa shape index (κ1) is 24.9. The normalized spacial score (nSPS) is 10.7. The van der Waals surface area contributed by atoms with E-state index in [9.17, 15) is 14.4 Å². The lowest BCUT2D eigenvalue weighted by molar-refractivity contribution is -0.118. The van der Waals surface area contributed by atoms with Gasteiger partial charge in [0.25, 0.3) is 5.91 Å². The van der Waals surface area contributed by atoms with Gasteiger partial charge in [0.05, 0.1) is 18.3 Å². The minimum Gasteiger partial charge on any atom is -0.483 e. The van der Waals surface area contributed by atoms with Crippen molar-refractivity contribution < 1.29 is 28.6 Å². The second-order valence-corrected chi connectivity index (χ2v) is 8.81. The Morgan fingerprint density at radius 2 is 1.87 bits per heavy atom. The number of hydrogen-bond donors (Lipinski definition) is 1. The van der Waals surface area contributed by atoms with Gasteiger partial charge in [-0.3, -0.25) is 4.79 Å². The number of carbonyl (C=O) groups is 3. The van der Waals surface area contributed by atoms with Gasteiger partial charge < -0.3 is 19.5 Å². The molecule has 0 saturated carbocycles. The highest BCUT2D eigenvalue weighted by Crippen LogP contribution is 2.34. The minimum absolute atomic E-state index is 0.147. The number of amides is 1. The van der Waals surface area contributed by atoms with Crippen LogP contribution in [0.5, 0.6) is 5.75 Å². The van der Waals surface area contributed by atoms with Crippen molar-refractivity contribution in [3.63, 3.8) is 0 Å². The molecule has 9 heteroatoms. The lowest BCUT2D eigenvalue weighted by Gasteiger charge is -2.11. The summed E-state index contributed by atoms with van der Waals surface area (Å²) in [7, 11) is 0. The zero-order valence-electron chi connectivity index (χ0n) is 18.2. The van der Waals surface area contributed by atoms with Crippen LogP contribution in [-0.2, 0) is 20.7 Å². The fourth-order valence-corrected chi connectivity index (χ4v) is 4.29. The Kier molecular flexibility index (Phi) is 9.06. The number of carbonyl (C=O) groups excluding carboxylic acids is 3. The standard InChI is InChI=1S/C22H26BrNO6S/c1-6-14-10-15(23)8-9-16(14)29-11-17(25)24-20-18(21(26)28-7-2)13(5)19(31-20)22(27)30-12(3)4/h8-10,12H,6-7,11H2,1-5H3,(H,24,25). The van der Waals surface area contributed by atoms with E-state index in [0.717, 1.165) is 27.8 Å². The van der Waals surface area contributed by atoms with Crippen LogP contribution in [0.3, 0.4) is 0 Å². The average molecular weight is 512 g/mol. The highest BCUT2D eigenvalue weighted by atomic mass is 79.9. The van der Waals surface area contributed by atoms with Gasteiger partial charge in [0, 0.05) is 4.47 Å². The average Bonchev–Trinajstić information content (AvgIpc) is 3.02. The first-order chi connectivity index (χ1) is 14.7. The molecule has 1 N–H and O–H groups in total. The molecule has 7 nitrogen and oxygen atoms in total. The van der Waals surface area contributed by atoms with Gasteiger partial charge in [-0.15, -0.1) is 11.3 Å². The molecule has 0 radical (unpaired) electrons. The van der Waals surface area contributed by atoms with Crippen LogP contribution in [-0.4, -0.2) is 37.2 Å². The molecule has 0 atom stereocenters. The van der Waals surface area contributed by atoms with Crippen molar-refractivity contribution in [3.8, 4) is 5.75 Å². The van der Waals surface area contributed by atoms with Crippen LogP contribution in [0.25, 0.3) is 0 Å². The summed E-state index contributed by atoms with van der Waals surface area (Å²) in [4.78, 5) is 37.7. The van der Waals surface area contributed by atoms with E-state index in [2.05, 4.69) is 21.2 Å². The molecule has 1 aromatic carbocycles. The maximum atomic E-state index is 12.5. The van der Waals surface area contributed by atoms with E-state index in [1.165, 1.54) is 0 Å². The quantitative estimate of drug-likeness (QED) is 0.468. The Bertz CT molecular complexity index is 969. The van der Waals surface area contributed by atoms with E-state index in [0.29, 0.717) is 11.3 Å². The number of hydrogen-bond acceptors (Lipinski definition) is 7. The molecule has 0 aliphatic carbocycles. The summed E-state index contributed by atoms with van der Waals surface area (Å²) in [6.45, 7) is 8.69. The Hall–Kier alpha value is -2.39. The molecule has 0 fully saturated rings. The van der Waals surface area contributed by atoms with Crippen LogP contribution in [0, 0.1) is 6.92 Å². The summed E-state index contributed by atoms with van der Waals surface area (Å²) in [5.74, 6) is -1.02. The third kappa shape index (κ3) is 6.54. The molecule has 0 saturated heterocycles. The van der Waals surface area contributed by atoms with Gasteiger partial charge in [0.2, 0.25) is 0 Å². The van der Waals surface area contributed by atoms with Crippen LogP contribution < -0.4 is 10.1 Å². The monoisotopic (exact) mass is 511 g/mol. The van der Waals surface area contributed by atoms with Crippen molar-refractivity contribution in [2.24, 2.45) is 0 Å². The molecule has 31 heavy (non-hydrogen) atoms. The summed E-state index contributed by atoms with van der Waals surface area (Å²) in [6.07, 6.45) is 0.430. The molecule has 0 aliphatic rings. The van der Waals surface area contributed by atoms with Gasteiger partial charge in [-0.25, -0.2) is 9.59 Å². The van der Waals surface area contributed by atoms with Gasteiger partial charge in [0.15, 0.2) is 6.61 Å². The van der Waals surface area contributed by atoms with E-state index in [1.807, 2.05) is 19.1 Å². The zero-order valence-corrected chi connectivity index (χ0v) is 20.6. The number of rotatable bonds is 9. The van der Waals surface area contributed by atoms with Crippen LogP contribution in [0.4, 0.5) is 5.00 Å². The number of esters is 2. The molecule has 2 aromatic rings. The van der Waals surface area contributed by atoms with E-state index >= 15 is 0 Å².